The highest BCUT2D eigenvalue weighted by molar-refractivity contribution is 7.10. The second kappa shape index (κ2) is 10.0. The summed E-state index contributed by atoms with van der Waals surface area (Å²) in [6.45, 7) is 10.3. The van der Waals surface area contributed by atoms with Crippen LogP contribution in [0.4, 0.5) is 0 Å². The van der Waals surface area contributed by atoms with E-state index in [1.165, 1.54) is 16.0 Å². The molecular formula is C22H30N2O3S. The zero-order valence-corrected chi connectivity index (χ0v) is 17.8. The Bertz CT molecular complexity index is 755. The van der Waals surface area contributed by atoms with E-state index in [4.69, 9.17) is 9.47 Å². The Labute approximate surface area is 171 Å². The molecule has 1 amide bonds. The molecule has 1 N–H and O–H groups in total. The molecule has 1 atom stereocenters. The van der Waals surface area contributed by atoms with E-state index in [1.807, 2.05) is 12.1 Å². The van der Waals surface area contributed by atoms with Gasteiger partial charge >= 0.3 is 0 Å². The van der Waals surface area contributed by atoms with Crippen LogP contribution in [0.5, 0.6) is 5.75 Å². The first-order valence-corrected chi connectivity index (χ1v) is 10.8. The summed E-state index contributed by atoms with van der Waals surface area (Å²) in [6, 6.07) is 10.4. The number of thiophene rings is 1. The lowest BCUT2D eigenvalue weighted by atomic mass is 9.98. The Morgan fingerprint density at radius 3 is 2.71 bits per heavy atom. The molecule has 3 rings (SSSR count). The molecule has 152 valence electrons. The summed E-state index contributed by atoms with van der Waals surface area (Å²) in [5.41, 5.74) is 2.50. The summed E-state index contributed by atoms with van der Waals surface area (Å²) in [5, 5.41) is 5.12. The number of aryl methyl sites for hydroxylation is 1. The van der Waals surface area contributed by atoms with Gasteiger partial charge in [0.1, 0.15) is 5.75 Å². The molecule has 0 bridgehead atoms. The molecule has 1 aliphatic rings. The first-order valence-electron chi connectivity index (χ1n) is 9.90. The lowest BCUT2D eigenvalue weighted by Gasteiger charge is -2.34. The van der Waals surface area contributed by atoms with Crippen molar-refractivity contribution >= 4 is 17.2 Å². The van der Waals surface area contributed by atoms with Gasteiger partial charge in [0.2, 0.25) is 0 Å². The number of nitrogens with zero attached hydrogens (tertiary/aromatic N) is 1. The number of carbonyl (C=O) groups is 1. The van der Waals surface area contributed by atoms with Crippen LogP contribution in [0.1, 0.15) is 41.8 Å². The van der Waals surface area contributed by atoms with Crippen LogP contribution < -0.4 is 10.1 Å². The van der Waals surface area contributed by atoms with Crippen LogP contribution in [0.25, 0.3) is 0 Å². The quantitative estimate of drug-likeness (QED) is 0.731. The number of hydrogen-bond acceptors (Lipinski definition) is 5. The third kappa shape index (κ3) is 5.56. The summed E-state index contributed by atoms with van der Waals surface area (Å²) in [5.74, 6) is 1.12. The second-order valence-electron chi connectivity index (χ2n) is 7.45. The number of amides is 1. The van der Waals surface area contributed by atoms with Crippen LogP contribution >= 0.6 is 11.3 Å². The molecule has 1 aliphatic heterocycles. The Hall–Kier alpha value is -1.89. The Morgan fingerprint density at radius 1 is 1.29 bits per heavy atom. The minimum Gasteiger partial charge on any atom is -0.484 e. The Balaban J connectivity index is 1.52. The highest BCUT2D eigenvalue weighted by Gasteiger charge is 2.24. The standard InChI is InChI=1S/C22H30N2O3S/c1-16(2)19-7-6-18(13-17(19)3)27-15-22(25)23-14-20(21-5-4-12-28-21)24-8-10-26-11-9-24/h4-7,12-13,16,20H,8-11,14-15H2,1-3H3,(H,23,25)/t20-/m0/s1. The van der Waals surface area contributed by atoms with E-state index in [9.17, 15) is 4.79 Å². The maximum atomic E-state index is 12.4. The third-order valence-corrected chi connectivity index (χ3v) is 6.06. The average Bonchev–Trinajstić information content (AvgIpc) is 3.21. The van der Waals surface area contributed by atoms with Gasteiger partial charge in [0, 0.05) is 24.5 Å². The van der Waals surface area contributed by atoms with Gasteiger partial charge in [-0.05, 0) is 47.5 Å². The molecule has 1 aromatic carbocycles. The van der Waals surface area contributed by atoms with Crippen molar-refractivity contribution in [1.29, 1.82) is 0 Å². The van der Waals surface area contributed by atoms with E-state index < -0.39 is 0 Å². The smallest absolute Gasteiger partial charge is 0.258 e. The van der Waals surface area contributed by atoms with E-state index in [0.717, 1.165) is 32.1 Å². The van der Waals surface area contributed by atoms with Crippen LogP contribution in [0.3, 0.4) is 0 Å². The van der Waals surface area contributed by atoms with Gasteiger partial charge in [0.25, 0.3) is 5.91 Å². The summed E-state index contributed by atoms with van der Waals surface area (Å²) in [7, 11) is 0. The minimum absolute atomic E-state index is 0.0285. The van der Waals surface area contributed by atoms with Crippen molar-refractivity contribution in [2.75, 3.05) is 39.5 Å². The summed E-state index contributed by atoms with van der Waals surface area (Å²) in [6.07, 6.45) is 0. The molecule has 28 heavy (non-hydrogen) atoms. The van der Waals surface area contributed by atoms with Crippen LogP contribution in [0, 0.1) is 6.92 Å². The summed E-state index contributed by atoms with van der Waals surface area (Å²) in [4.78, 5) is 16.0. The Morgan fingerprint density at radius 2 is 2.07 bits per heavy atom. The van der Waals surface area contributed by atoms with Crippen molar-refractivity contribution in [3.05, 3.63) is 51.7 Å². The van der Waals surface area contributed by atoms with Crippen molar-refractivity contribution in [2.24, 2.45) is 0 Å². The highest BCUT2D eigenvalue weighted by atomic mass is 32.1. The van der Waals surface area contributed by atoms with E-state index in [2.05, 4.69) is 54.6 Å². The number of rotatable bonds is 8. The van der Waals surface area contributed by atoms with Crippen LogP contribution in [0.15, 0.2) is 35.7 Å². The monoisotopic (exact) mass is 402 g/mol. The van der Waals surface area contributed by atoms with Gasteiger partial charge in [0.05, 0.1) is 19.3 Å². The molecule has 0 unspecified atom stereocenters. The molecule has 0 spiro atoms. The van der Waals surface area contributed by atoms with Gasteiger partial charge in [-0.2, -0.15) is 0 Å². The van der Waals surface area contributed by atoms with Crippen molar-refractivity contribution in [1.82, 2.24) is 10.2 Å². The summed E-state index contributed by atoms with van der Waals surface area (Å²) < 4.78 is 11.2. The van der Waals surface area contributed by atoms with Gasteiger partial charge in [-0.15, -0.1) is 11.3 Å². The van der Waals surface area contributed by atoms with Crippen LogP contribution in [-0.4, -0.2) is 50.3 Å². The molecule has 1 saturated heterocycles. The van der Waals surface area contributed by atoms with Crippen LogP contribution in [0.2, 0.25) is 0 Å². The molecule has 1 aromatic heterocycles. The number of nitrogens with one attached hydrogen (secondary N) is 1. The number of hydrogen-bond donors (Lipinski definition) is 1. The average molecular weight is 403 g/mol. The summed E-state index contributed by atoms with van der Waals surface area (Å²) >= 11 is 1.73. The van der Waals surface area contributed by atoms with E-state index in [1.54, 1.807) is 11.3 Å². The van der Waals surface area contributed by atoms with Crippen molar-refractivity contribution in [3.8, 4) is 5.75 Å². The lowest BCUT2D eigenvalue weighted by Crippen LogP contribution is -2.44. The van der Waals surface area contributed by atoms with Gasteiger partial charge in [-0.25, -0.2) is 0 Å². The molecule has 2 heterocycles. The highest BCUT2D eigenvalue weighted by Crippen LogP contribution is 2.26. The predicted molar refractivity (Wildman–Crippen MR) is 113 cm³/mol. The van der Waals surface area contributed by atoms with Crippen molar-refractivity contribution in [2.45, 2.75) is 32.7 Å². The molecule has 0 saturated carbocycles. The third-order valence-electron chi connectivity index (χ3n) is 5.08. The molecule has 0 radical (unpaired) electrons. The molecule has 0 aliphatic carbocycles. The normalized spacial score (nSPS) is 16.1. The number of benzene rings is 1. The maximum Gasteiger partial charge on any atom is 0.258 e. The zero-order valence-electron chi connectivity index (χ0n) is 16.9. The molecule has 1 fully saturated rings. The fourth-order valence-electron chi connectivity index (χ4n) is 3.58. The van der Waals surface area contributed by atoms with Gasteiger partial charge < -0.3 is 14.8 Å². The lowest BCUT2D eigenvalue weighted by molar-refractivity contribution is -0.123. The predicted octanol–water partition coefficient (Wildman–Crippen LogP) is 3.75. The van der Waals surface area contributed by atoms with Crippen molar-refractivity contribution < 1.29 is 14.3 Å². The van der Waals surface area contributed by atoms with Gasteiger partial charge in [0.15, 0.2) is 6.61 Å². The maximum absolute atomic E-state index is 12.4. The first-order chi connectivity index (χ1) is 13.5. The molecule has 2 aromatic rings. The van der Waals surface area contributed by atoms with E-state index in [0.29, 0.717) is 12.5 Å². The number of morpholine rings is 1. The van der Waals surface area contributed by atoms with Gasteiger partial charge in [-0.1, -0.05) is 26.0 Å². The Kier molecular flexibility index (Phi) is 7.48. The molecule has 5 nitrogen and oxygen atoms in total. The van der Waals surface area contributed by atoms with Crippen molar-refractivity contribution in [3.63, 3.8) is 0 Å². The first kappa shape index (κ1) is 20.8. The van der Waals surface area contributed by atoms with Crippen LogP contribution in [-0.2, 0) is 9.53 Å². The second-order valence-corrected chi connectivity index (χ2v) is 8.42. The van der Waals surface area contributed by atoms with Gasteiger partial charge in [-0.3, -0.25) is 9.69 Å². The molecular weight excluding hydrogens is 372 g/mol. The fraction of sp³-hybridized carbons (Fsp3) is 0.500. The minimum atomic E-state index is -0.0968. The number of ether oxygens (including phenoxy) is 2. The fourth-order valence-corrected chi connectivity index (χ4v) is 4.44. The number of carbonyl (C=O) groups excluding carboxylic acids is 1. The SMILES string of the molecule is Cc1cc(OCC(=O)NC[C@@H](c2cccs2)N2CCOCC2)ccc1C(C)C. The molecule has 6 heteroatoms. The largest absolute Gasteiger partial charge is 0.484 e. The van der Waals surface area contributed by atoms with E-state index in [-0.39, 0.29) is 18.6 Å². The zero-order chi connectivity index (χ0) is 19.9. The van der Waals surface area contributed by atoms with E-state index >= 15 is 0 Å². The topological polar surface area (TPSA) is 50.8 Å².